The number of ether oxygens (including phenoxy) is 1. The van der Waals surface area contributed by atoms with E-state index in [1.807, 2.05) is 12.1 Å². The lowest BCUT2D eigenvalue weighted by atomic mass is 10.0. The molecule has 0 saturated heterocycles. The molecule has 0 aliphatic carbocycles. The van der Waals surface area contributed by atoms with Crippen LogP contribution in [-0.4, -0.2) is 32.6 Å². The first-order valence-corrected chi connectivity index (χ1v) is 5.39. The average Bonchev–Trinajstić information content (AvgIpc) is 2.17. The second kappa shape index (κ2) is 5.76. The summed E-state index contributed by atoms with van der Waals surface area (Å²) in [5, 5.41) is 0. The van der Waals surface area contributed by atoms with Gasteiger partial charge in [-0.2, -0.15) is 0 Å². The van der Waals surface area contributed by atoms with Gasteiger partial charge < -0.3 is 9.64 Å². The Bertz CT molecular complexity index is 279. The summed E-state index contributed by atoms with van der Waals surface area (Å²) in [4.78, 5) is 2.23. The third-order valence-corrected chi connectivity index (χ3v) is 2.42. The zero-order valence-corrected chi connectivity index (χ0v) is 10.2. The summed E-state index contributed by atoms with van der Waals surface area (Å²) in [5.41, 5.74) is 1.38. The molecule has 0 amide bonds. The molecule has 1 aromatic rings. The number of nitrogens with zero attached hydrogens (tertiary/aromatic N) is 1. The monoisotopic (exact) mass is 207 g/mol. The van der Waals surface area contributed by atoms with Crippen LogP contribution in [0.3, 0.4) is 0 Å². The van der Waals surface area contributed by atoms with Crippen molar-refractivity contribution < 1.29 is 4.74 Å². The topological polar surface area (TPSA) is 12.5 Å². The van der Waals surface area contributed by atoms with Crippen molar-refractivity contribution >= 4 is 0 Å². The second-order valence-corrected chi connectivity index (χ2v) is 4.42. The van der Waals surface area contributed by atoms with Gasteiger partial charge in [0.1, 0.15) is 5.75 Å². The van der Waals surface area contributed by atoms with Gasteiger partial charge in [0.2, 0.25) is 0 Å². The average molecular weight is 207 g/mol. The molecule has 1 aromatic carbocycles. The third-order valence-electron chi connectivity index (χ3n) is 2.42. The molecule has 0 spiro atoms. The smallest absolute Gasteiger partial charge is 0.118 e. The van der Waals surface area contributed by atoms with Crippen molar-refractivity contribution in [1.82, 2.24) is 4.90 Å². The van der Waals surface area contributed by atoms with Crippen molar-refractivity contribution in [1.29, 1.82) is 0 Å². The first kappa shape index (κ1) is 12.1. The second-order valence-electron chi connectivity index (χ2n) is 4.42. The van der Waals surface area contributed by atoms with Crippen LogP contribution < -0.4 is 4.74 Å². The number of benzene rings is 1. The Morgan fingerprint density at radius 2 is 1.80 bits per heavy atom. The molecule has 15 heavy (non-hydrogen) atoms. The minimum Gasteiger partial charge on any atom is -0.497 e. The van der Waals surface area contributed by atoms with Gasteiger partial charge in [-0.1, -0.05) is 19.1 Å². The zero-order valence-electron chi connectivity index (χ0n) is 10.2. The molecule has 1 atom stereocenters. The summed E-state index contributed by atoms with van der Waals surface area (Å²) in [6.45, 7) is 3.41. The molecule has 1 unspecified atom stereocenters. The Labute approximate surface area is 92.9 Å². The Hall–Kier alpha value is -1.02. The Morgan fingerprint density at radius 3 is 2.27 bits per heavy atom. The molecular weight excluding hydrogens is 186 g/mol. The summed E-state index contributed by atoms with van der Waals surface area (Å²) in [5.74, 6) is 1.62. The van der Waals surface area contributed by atoms with Gasteiger partial charge in [0.15, 0.2) is 0 Å². The Balaban J connectivity index is 2.49. The van der Waals surface area contributed by atoms with Crippen LogP contribution in [0.2, 0.25) is 0 Å². The molecule has 0 saturated carbocycles. The number of rotatable bonds is 5. The summed E-state index contributed by atoms with van der Waals surface area (Å²) < 4.78 is 5.13. The molecule has 0 bridgehead atoms. The van der Waals surface area contributed by atoms with Gasteiger partial charge in [0.25, 0.3) is 0 Å². The quantitative estimate of drug-likeness (QED) is 0.735. The van der Waals surface area contributed by atoms with E-state index in [0.29, 0.717) is 5.92 Å². The van der Waals surface area contributed by atoms with Crippen LogP contribution >= 0.6 is 0 Å². The summed E-state index contributed by atoms with van der Waals surface area (Å²) in [7, 11) is 5.93. The lowest BCUT2D eigenvalue weighted by Crippen LogP contribution is -2.21. The van der Waals surface area contributed by atoms with Crippen LogP contribution in [0.25, 0.3) is 0 Å². The molecule has 0 fully saturated rings. The normalized spacial score (nSPS) is 12.9. The van der Waals surface area contributed by atoms with E-state index in [-0.39, 0.29) is 0 Å². The van der Waals surface area contributed by atoms with Crippen LogP contribution in [0.5, 0.6) is 5.75 Å². The predicted molar refractivity (Wildman–Crippen MR) is 64.4 cm³/mol. The Kier molecular flexibility index (Phi) is 4.63. The molecule has 0 aliphatic rings. The lowest BCUT2D eigenvalue weighted by molar-refractivity contribution is 0.338. The third kappa shape index (κ3) is 4.34. The fraction of sp³-hybridized carbons (Fsp3) is 0.538. The highest BCUT2D eigenvalue weighted by molar-refractivity contribution is 5.27. The number of hydrogen-bond donors (Lipinski definition) is 0. The highest BCUT2D eigenvalue weighted by Gasteiger charge is 2.04. The highest BCUT2D eigenvalue weighted by Crippen LogP contribution is 2.14. The molecule has 0 aromatic heterocycles. The van der Waals surface area contributed by atoms with Crippen molar-refractivity contribution in [3.8, 4) is 5.75 Å². The van der Waals surface area contributed by atoms with Crippen LogP contribution in [0.15, 0.2) is 24.3 Å². The van der Waals surface area contributed by atoms with E-state index in [2.05, 4.69) is 38.1 Å². The number of methoxy groups -OCH3 is 1. The van der Waals surface area contributed by atoms with Crippen molar-refractivity contribution in [3.63, 3.8) is 0 Å². The molecule has 0 heterocycles. The standard InChI is InChI=1S/C13H21NO/c1-11(10-14(2)3)9-12-5-7-13(15-4)8-6-12/h5-8,11H,9-10H2,1-4H3. The molecule has 84 valence electrons. The molecule has 0 N–H and O–H groups in total. The Morgan fingerprint density at radius 1 is 1.20 bits per heavy atom. The van der Waals surface area contributed by atoms with Crippen molar-refractivity contribution in [2.24, 2.45) is 5.92 Å². The maximum Gasteiger partial charge on any atom is 0.118 e. The van der Waals surface area contributed by atoms with Gasteiger partial charge in [0, 0.05) is 6.54 Å². The van der Waals surface area contributed by atoms with Crippen LogP contribution in [0, 0.1) is 5.92 Å². The molecule has 0 aliphatic heterocycles. The molecule has 0 radical (unpaired) electrons. The molecule has 2 heteroatoms. The van der Waals surface area contributed by atoms with Crippen LogP contribution in [0.1, 0.15) is 12.5 Å². The van der Waals surface area contributed by atoms with Crippen molar-refractivity contribution in [2.45, 2.75) is 13.3 Å². The van der Waals surface area contributed by atoms with Gasteiger partial charge >= 0.3 is 0 Å². The van der Waals surface area contributed by atoms with E-state index in [0.717, 1.165) is 18.7 Å². The van der Waals surface area contributed by atoms with Crippen LogP contribution in [0.4, 0.5) is 0 Å². The van der Waals surface area contributed by atoms with Gasteiger partial charge in [-0.15, -0.1) is 0 Å². The maximum atomic E-state index is 5.13. The van der Waals surface area contributed by atoms with E-state index in [4.69, 9.17) is 4.74 Å². The molecule has 1 rings (SSSR count). The van der Waals surface area contributed by atoms with Gasteiger partial charge in [-0.05, 0) is 44.1 Å². The van der Waals surface area contributed by atoms with E-state index < -0.39 is 0 Å². The van der Waals surface area contributed by atoms with E-state index in [1.54, 1.807) is 7.11 Å². The maximum absolute atomic E-state index is 5.13. The summed E-state index contributed by atoms with van der Waals surface area (Å²) in [6.07, 6.45) is 1.13. The van der Waals surface area contributed by atoms with Gasteiger partial charge in [0.05, 0.1) is 7.11 Å². The minimum atomic E-state index is 0.688. The van der Waals surface area contributed by atoms with Crippen LogP contribution in [-0.2, 0) is 6.42 Å². The predicted octanol–water partition coefficient (Wildman–Crippen LogP) is 2.44. The number of hydrogen-bond acceptors (Lipinski definition) is 2. The zero-order chi connectivity index (χ0) is 11.3. The fourth-order valence-corrected chi connectivity index (χ4v) is 1.85. The van der Waals surface area contributed by atoms with Crippen molar-refractivity contribution in [2.75, 3.05) is 27.7 Å². The summed E-state index contributed by atoms with van der Waals surface area (Å²) in [6, 6.07) is 8.34. The first-order chi connectivity index (χ1) is 7.11. The van der Waals surface area contributed by atoms with E-state index >= 15 is 0 Å². The lowest BCUT2D eigenvalue weighted by Gasteiger charge is -2.16. The molecule has 2 nitrogen and oxygen atoms in total. The molecular formula is C13H21NO. The van der Waals surface area contributed by atoms with Crippen molar-refractivity contribution in [3.05, 3.63) is 29.8 Å². The minimum absolute atomic E-state index is 0.688. The highest BCUT2D eigenvalue weighted by atomic mass is 16.5. The first-order valence-electron chi connectivity index (χ1n) is 5.39. The fourth-order valence-electron chi connectivity index (χ4n) is 1.85. The summed E-state index contributed by atoms with van der Waals surface area (Å²) >= 11 is 0. The van der Waals surface area contributed by atoms with Gasteiger partial charge in [-0.3, -0.25) is 0 Å². The van der Waals surface area contributed by atoms with E-state index in [1.165, 1.54) is 5.56 Å². The SMILES string of the molecule is COc1ccc(CC(C)CN(C)C)cc1. The van der Waals surface area contributed by atoms with Gasteiger partial charge in [-0.25, -0.2) is 0 Å². The van der Waals surface area contributed by atoms with E-state index in [9.17, 15) is 0 Å². The largest absolute Gasteiger partial charge is 0.497 e.